The number of cyclic esters (lactones) is 1. The van der Waals surface area contributed by atoms with Crippen molar-refractivity contribution in [1.29, 1.82) is 0 Å². The Balaban J connectivity index is 1.49. The molecule has 8 heteroatoms. The standard InChI is InChI=1S/C22H18F3N3O2/c23-22(24,25)15-4-5-17-18(12-15)26-8-6-19(17)27-9-7-16-14(13-27)2-1-3-20(16)28-10-11-30-21(28)29/h1-6,8,12H,7,9-11,13H2. The number of pyridine rings is 1. The van der Waals surface area contributed by atoms with E-state index in [2.05, 4.69) is 9.88 Å². The molecule has 0 saturated carbocycles. The molecule has 3 heterocycles. The lowest BCUT2D eigenvalue weighted by molar-refractivity contribution is -0.137. The van der Waals surface area contributed by atoms with Gasteiger partial charge in [0.05, 0.1) is 23.3 Å². The molecule has 1 saturated heterocycles. The summed E-state index contributed by atoms with van der Waals surface area (Å²) in [5.41, 5.74) is 3.56. The largest absolute Gasteiger partial charge is 0.447 e. The molecular formula is C22H18F3N3O2. The first-order valence-corrected chi connectivity index (χ1v) is 9.68. The lowest BCUT2D eigenvalue weighted by atomic mass is 9.96. The Morgan fingerprint density at radius 1 is 1.03 bits per heavy atom. The van der Waals surface area contributed by atoms with Crippen LogP contribution in [-0.2, 0) is 23.9 Å². The monoisotopic (exact) mass is 413 g/mol. The van der Waals surface area contributed by atoms with Gasteiger partial charge in [-0.25, -0.2) is 4.79 Å². The Morgan fingerprint density at radius 3 is 2.67 bits per heavy atom. The summed E-state index contributed by atoms with van der Waals surface area (Å²) in [5.74, 6) is 0. The number of aromatic nitrogens is 1. The van der Waals surface area contributed by atoms with E-state index in [9.17, 15) is 18.0 Å². The molecule has 5 rings (SSSR count). The van der Waals surface area contributed by atoms with Crippen LogP contribution < -0.4 is 9.80 Å². The first-order valence-electron chi connectivity index (χ1n) is 9.68. The number of fused-ring (bicyclic) bond motifs is 2. The zero-order valence-corrected chi connectivity index (χ0v) is 15.9. The number of carbonyl (C=O) groups excluding carboxylic acids is 1. The molecule has 2 aromatic carbocycles. The van der Waals surface area contributed by atoms with Crippen molar-refractivity contribution in [3.8, 4) is 0 Å². The van der Waals surface area contributed by atoms with Crippen molar-refractivity contribution in [2.45, 2.75) is 19.1 Å². The molecule has 0 unspecified atom stereocenters. The smallest absolute Gasteiger partial charge is 0.416 e. The maximum absolute atomic E-state index is 13.1. The van der Waals surface area contributed by atoms with Gasteiger partial charge in [0.2, 0.25) is 0 Å². The van der Waals surface area contributed by atoms with Gasteiger partial charge in [0.1, 0.15) is 6.61 Å². The SMILES string of the molecule is O=C1OCCN1c1cccc2c1CCN(c1ccnc3cc(C(F)(F)F)ccc13)C2. The fourth-order valence-corrected chi connectivity index (χ4v) is 4.25. The van der Waals surface area contributed by atoms with Crippen LogP contribution in [0.4, 0.5) is 29.3 Å². The number of anilines is 2. The quantitative estimate of drug-likeness (QED) is 0.607. The van der Waals surface area contributed by atoms with Crippen LogP contribution in [0.5, 0.6) is 0 Å². The van der Waals surface area contributed by atoms with Gasteiger partial charge in [0.25, 0.3) is 0 Å². The van der Waals surface area contributed by atoms with Crippen molar-refractivity contribution < 1.29 is 22.7 Å². The van der Waals surface area contributed by atoms with Crippen LogP contribution in [-0.4, -0.2) is 30.8 Å². The van der Waals surface area contributed by atoms with Crippen LogP contribution in [0.3, 0.4) is 0 Å². The summed E-state index contributed by atoms with van der Waals surface area (Å²) in [6.45, 7) is 2.21. The van der Waals surface area contributed by atoms with Gasteiger partial charge in [0, 0.05) is 30.4 Å². The van der Waals surface area contributed by atoms with Crippen molar-refractivity contribution in [3.05, 3.63) is 65.4 Å². The number of halogens is 3. The van der Waals surface area contributed by atoms with Crippen molar-refractivity contribution in [3.63, 3.8) is 0 Å². The average molecular weight is 413 g/mol. The van der Waals surface area contributed by atoms with E-state index in [-0.39, 0.29) is 6.09 Å². The predicted molar refractivity (Wildman–Crippen MR) is 107 cm³/mol. The molecule has 1 fully saturated rings. The van der Waals surface area contributed by atoms with Gasteiger partial charge in [0.15, 0.2) is 0 Å². The van der Waals surface area contributed by atoms with E-state index in [1.807, 2.05) is 24.3 Å². The lowest BCUT2D eigenvalue weighted by Gasteiger charge is -2.33. The zero-order chi connectivity index (χ0) is 20.9. The summed E-state index contributed by atoms with van der Waals surface area (Å²) in [6, 6.07) is 11.4. The zero-order valence-electron chi connectivity index (χ0n) is 15.9. The average Bonchev–Trinajstić information content (AvgIpc) is 3.17. The normalized spacial score (nSPS) is 16.7. The van der Waals surface area contributed by atoms with Crippen LogP contribution in [0.2, 0.25) is 0 Å². The van der Waals surface area contributed by atoms with Gasteiger partial charge >= 0.3 is 12.3 Å². The van der Waals surface area contributed by atoms with Gasteiger partial charge in [-0.15, -0.1) is 0 Å². The van der Waals surface area contributed by atoms with E-state index in [1.54, 1.807) is 11.1 Å². The summed E-state index contributed by atoms with van der Waals surface area (Å²) < 4.78 is 44.2. The van der Waals surface area contributed by atoms with Crippen LogP contribution in [0.1, 0.15) is 16.7 Å². The van der Waals surface area contributed by atoms with Crippen LogP contribution >= 0.6 is 0 Å². The number of ether oxygens (including phenoxy) is 1. The lowest BCUT2D eigenvalue weighted by Crippen LogP contribution is -2.33. The second kappa shape index (κ2) is 6.90. The second-order valence-electron chi connectivity index (χ2n) is 7.41. The number of hydrogen-bond acceptors (Lipinski definition) is 4. The Hall–Kier alpha value is -3.29. The molecule has 0 N–H and O–H groups in total. The van der Waals surface area contributed by atoms with Crippen molar-refractivity contribution in [1.82, 2.24) is 4.98 Å². The number of rotatable bonds is 2. The van der Waals surface area contributed by atoms with Crippen LogP contribution in [0.25, 0.3) is 10.9 Å². The Labute approximate surface area is 170 Å². The number of amides is 1. The topological polar surface area (TPSA) is 45.7 Å². The van der Waals surface area contributed by atoms with Crippen molar-refractivity contribution in [2.75, 3.05) is 29.5 Å². The molecule has 5 nitrogen and oxygen atoms in total. The minimum atomic E-state index is -4.40. The molecule has 0 radical (unpaired) electrons. The van der Waals surface area contributed by atoms with E-state index in [1.165, 1.54) is 6.07 Å². The van der Waals surface area contributed by atoms with Gasteiger partial charge in [-0.1, -0.05) is 18.2 Å². The summed E-state index contributed by atoms with van der Waals surface area (Å²) in [7, 11) is 0. The third-order valence-corrected chi connectivity index (χ3v) is 5.68. The molecule has 30 heavy (non-hydrogen) atoms. The Bertz CT molecular complexity index is 1150. The Morgan fingerprint density at radius 2 is 1.90 bits per heavy atom. The molecule has 1 aromatic heterocycles. The minimum Gasteiger partial charge on any atom is -0.447 e. The van der Waals surface area contributed by atoms with Crippen LogP contribution in [0, 0.1) is 0 Å². The molecule has 0 atom stereocenters. The first kappa shape index (κ1) is 18.7. The molecule has 2 aliphatic rings. The third-order valence-electron chi connectivity index (χ3n) is 5.68. The van der Waals surface area contributed by atoms with E-state index < -0.39 is 11.7 Å². The van der Waals surface area contributed by atoms with Crippen molar-refractivity contribution in [2.24, 2.45) is 0 Å². The highest BCUT2D eigenvalue weighted by atomic mass is 19.4. The van der Waals surface area contributed by atoms with Crippen LogP contribution in [0.15, 0.2) is 48.7 Å². The highest BCUT2D eigenvalue weighted by molar-refractivity contribution is 5.93. The molecular weight excluding hydrogens is 395 g/mol. The van der Waals surface area contributed by atoms with E-state index in [4.69, 9.17) is 4.74 Å². The molecule has 3 aromatic rings. The number of nitrogens with zero attached hydrogens (tertiary/aromatic N) is 3. The van der Waals surface area contributed by atoms with Crippen molar-refractivity contribution >= 4 is 28.4 Å². The molecule has 154 valence electrons. The number of alkyl halides is 3. The van der Waals surface area contributed by atoms with E-state index in [0.717, 1.165) is 41.1 Å². The maximum Gasteiger partial charge on any atom is 0.416 e. The molecule has 2 aliphatic heterocycles. The Kier molecular flexibility index (Phi) is 4.30. The fraction of sp³-hybridized carbons (Fsp3) is 0.273. The molecule has 1 amide bonds. The van der Waals surface area contributed by atoms with E-state index in [0.29, 0.717) is 37.1 Å². The third kappa shape index (κ3) is 3.12. The molecule has 0 aliphatic carbocycles. The maximum atomic E-state index is 13.1. The molecule has 0 bridgehead atoms. The highest BCUT2D eigenvalue weighted by Crippen LogP contribution is 2.36. The number of benzene rings is 2. The number of hydrogen-bond donors (Lipinski definition) is 0. The van der Waals surface area contributed by atoms with Gasteiger partial charge in [-0.05, 0) is 41.8 Å². The minimum absolute atomic E-state index is 0.321. The van der Waals surface area contributed by atoms with Gasteiger partial charge in [-0.3, -0.25) is 9.88 Å². The summed E-state index contributed by atoms with van der Waals surface area (Å²) >= 11 is 0. The predicted octanol–water partition coefficient (Wildman–Crippen LogP) is 4.77. The van der Waals surface area contributed by atoms with E-state index >= 15 is 0 Å². The molecule has 0 spiro atoms. The number of carbonyl (C=O) groups is 1. The van der Waals surface area contributed by atoms with Gasteiger partial charge < -0.3 is 9.64 Å². The summed E-state index contributed by atoms with van der Waals surface area (Å²) in [5, 5.41) is 0.688. The first-order chi connectivity index (χ1) is 14.4. The van der Waals surface area contributed by atoms with Gasteiger partial charge in [-0.2, -0.15) is 13.2 Å². The summed E-state index contributed by atoms with van der Waals surface area (Å²) in [6.07, 6.45) is -2.46. The highest BCUT2D eigenvalue weighted by Gasteiger charge is 2.31. The summed E-state index contributed by atoms with van der Waals surface area (Å²) in [4.78, 5) is 19.9. The second-order valence-corrected chi connectivity index (χ2v) is 7.41. The fourth-order valence-electron chi connectivity index (χ4n) is 4.25.